The van der Waals surface area contributed by atoms with E-state index < -0.39 is 0 Å². The Morgan fingerprint density at radius 2 is 2.36 bits per heavy atom. The molecule has 1 rings (SSSR count). The van der Waals surface area contributed by atoms with Crippen molar-refractivity contribution in [2.24, 2.45) is 5.73 Å². The van der Waals surface area contributed by atoms with E-state index in [1.807, 2.05) is 7.05 Å². The summed E-state index contributed by atoms with van der Waals surface area (Å²) in [6.07, 6.45) is 5.22. The Labute approximate surface area is 66.2 Å². The third kappa shape index (κ3) is 1.68. The Morgan fingerprint density at radius 3 is 2.82 bits per heavy atom. The van der Waals surface area contributed by atoms with E-state index in [4.69, 9.17) is 5.73 Å². The minimum absolute atomic E-state index is 0.0694. The first-order valence-corrected chi connectivity index (χ1v) is 3.50. The van der Waals surface area contributed by atoms with Crippen LogP contribution in [0.1, 0.15) is 6.92 Å². The van der Waals surface area contributed by atoms with Gasteiger partial charge < -0.3 is 10.6 Å². The van der Waals surface area contributed by atoms with Crippen molar-refractivity contribution in [1.82, 2.24) is 4.90 Å². The molecule has 3 nitrogen and oxygen atoms in total. The maximum atomic E-state index is 10.9. The van der Waals surface area contributed by atoms with E-state index in [2.05, 4.69) is 0 Å². The summed E-state index contributed by atoms with van der Waals surface area (Å²) in [5.74, 6) is 0.0694. The Kier molecular flexibility index (Phi) is 2.10. The highest BCUT2D eigenvalue weighted by Crippen LogP contribution is 2.08. The molecule has 1 unspecified atom stereocenters. The molecular formula is C8H12N2O. The monoisotopic (exact) mass is 152 g/mol. The van der Waals surface area contributed by atoms with E-state index in [-0.39, 0.29) is 11.9 Å². The summed E-state index contributed by atoms with van der Waals surface area (Å²) in [5, 5.41) is 0. The fourth-order valence-electron chi connectivity index (χ4n) is 0.895. The molecule has 1 aliphatic heterocycles. The number of likely N-dealkylation sites (N-methyl/N-ethyl adjacent to an activating group) is 1. The molecule has 3 heteroatoms. The van der Waals surface area contributed by atoms with Gasteiger partial charge in [0.2, 0.25) is 0 Å². The van der Waals surface area contributed by atoms with Gasteiger partial charge in [-0.05, 0) is 13.0 Å². The van der Waals surface area contributed by atoms with Crippen LogP contribution in [-0.4, -0.2) is 23.9 Å². The lowest BCUT2D eigenvalue weighted by Crippen LogP contribution is -2.35. The molecule has 0 aromatic heterocycles. The van der Waals surface area contributed by atoms with Crippen molar-refractivity contribution in [3.63, 3.8) is 0 Å². The fourth-order valence-corrected chi connectivity index (χ4v) is 0.895. The molecule has 0 fully saturated rings. The number of allylic oxidation sites excluding steroid dienone is 2. The van der Waals surface area contributed by atoms with Crippen molar-refractivity contribution in [3.8, 4) is 0 Å². The molecule has 2 N–H and O–H groups in total. The third-order valence-corrected chi connectivity index (χ3v) is 1.69. The molecule has 60 valence electrons. The van der Waals surface area contributed by atoms with Gasteiger partial charge in [-0.25, -0.2) is 0 Å². The summed E-state index contributed by atoms with van der Waals surface area (Å²) in [4.78, 5) is 12.7. The Morgan fingerprint density at radius 1 is 1.73 bits per heavy atom. The molecule has 1 heterocycles. The fraction of sp³-hybridized carbons (Fsp3) is 0.375. The number of ketones is 1. The van der Waals surface area contributed by atoms with Gasteiger partial charge in [-0.1, -0.05) is 6.08 Å². The largest absolute Gasteiger partial charge is 0.361 e. The minimum atomic E-state index is -0.0990. The first kappa shape index (κ1) is 8.01. The van der Waals surface area contributed by atoms with Gasteiger partial charge in [-0.2, -0.15) is 0 Å². The number of nitrogens with two attached hydrogens (primary N) is 1. The van der Waals surface area contributed by atoms with Crippen LogP contribution in [0.2, 0.25) is 0 Å². The molecule has 0 spiro atoms. The van der Waals surface area contributed by atoms with Gasteiger partial charge in [0.15, 0.2) is 5.78 Å². The molecule has 0 saturated carbocycles. The van der Waals surface area contributed by atoms with Crippen molar-refractivity contribution in [2.45, 2.75) is 13.1 Å². The lowest BCUT2D eigenvalue weighted by atomic mass is 10.1. The predicted molar refractivity (Wildman–Crippen MR) is 43.6 cm³/mol. The molecule has 0 aromatic rings. The van der Waals surface area contributed by atoms with Crippen LogP contribution in [0.5, 0.6) is 0 Å². The third-order valence-electron chi connectivity index (χ3n) is 1.69. The van der Waals surface area contributed by atoms with Crippen LogP contribution in [0.3, 0.4) is 0 Å². The molecule has 0 radical (unpaired) electrons. The summed E-state index contributed by atoms with van der Waals surface area (Å²) < 4.78 is 0. The molecule has 1 atom stereocenters. The van der Waals surface area contributed by atoms with E-state index in [1.165, 1.54) is 0 Å². The van der Waals surface area contributed by atoms with Crippen LogP contribution in [0, 0.1) is 0 Å². The Hall–Kier alpha value is -1.09. The van der Waals surface area contributed by atoms with Gasteiger partial charge in [0.1, 0.15) is 0 Å². The van der Waals surface area contributed by atoms with Crippen molar-refractivity contribution in [2.75, 3.05) is 7.05 Å². The number of Topliss-reactive ketones (excluding diaryl/α,β-unsaturated/α-hetero) is 1. The van der Waals surface area contributed by atoms with Crippen LogP contribution in [0.4, 0.5) is 0 Å². The number of carbonyl (C=O) groups excluding carboxylic acids is 1. The molecule has 1 aliphatic rings. The van der Waals surface area contributed by atoms with Crippen molar-refractivity contribution in [3.05, 3.63) is 23.9 Å². The highest BCUT2D eigenvalue weighted by molar-refractivity contribution is 5.96. The molecule has 0 amide bonds. The van der Waals surface area contributed by atoms with Crippen LogP contribution < -0.4 is 5.73 Å². The second-order valence-corrected chi connectivity index (χ2v) is 2.66. The smallest absolute Gasteiger partial charge is 0.161 e. The predicted octanol–water partition coefficient (Wildman–Crippen LogP) is 0.246. The summed E-state index contributed by atoms with van der Waals surface area (Å²) in [7, 11) is 1.84. The number of carbonyl (C=O) groups is 1. The topological polar surface area (TPSA) is 46.3 Å². The van der Waals surface area contributed by atoms with Crippen molar-refractivity contribution < 1.29 is 4.79 Å². The summed E-state index contributed by atoms with van der Waals surface area (Å²) in [5.41, 5.74) is 6.33. The second-order valence-electron chi connectivity index (χ2n) is 2.66. The van der Waals surface area contributed by atoms with Gasteiger partial charge in [-0.3, -0.25) is 4.79 Å². The molecule has 0 bridgehead atoms. The van der Waals surface area contributed by atoms with Gasteiger partial charge in [0.25, 0.3) is 0 Å². The second kappa shape index (κ2) is 2.88. The zero-order chi connectivity index (χ0) is 8.43. The highest BCUT2D eigenvalue weighted by Gasteiger charge is 2.10. The van der Waals surface area contributed by atoms with Crippen LogP contribution in [0.15, 0.2) is 23.9 Å². The normalized spacial score (nSPS) is 23.4. The van der Waals surface area contributed by atoms with Gasteiger partial charge in [-0.15, -0.1) is 0 Å². The average Bonchev–Trinajstić information content (AvgIpc) is 1.94. The van der Waals surface area contributed by atoms with Gasteiger partial charge in [0.05, 0.1) is 6.17 Å². The molecule has 0 aromatic carbocycles. The molecular weight excluding hydrogens is 140 g/mol. The number of nitrogens with zero attached hydrogens (tertiary/aromatic N) is 1. The summed E-state index contributed by atoms with van der Waals surface area (Å²) >= 11 is 0. The van der Waals surface area contributed by atoms with E-state index in [1.54, 1.807) is 30.2 Å². The van der Waals surface area contributed by atoms with Crippen LogP contribution in [-0.2, 0) is 4.79 Å². The van der Waals surface area contributed by atoms with E-state index in [0.29, 0.717) is 5.57 Å². The first-order valence-electron chi connectivity index (χ1n) is 3.50. The van der Waals surface area contributed by atoms with E-state index in [0.717, 1.165) is 0 Å². The van der Waals surface area contributed by atoms with Gasteiger partial charge >= 0.3 is 0 Å². The maximum Gasteiger partial charge on any atom is 0.161 e. The molecule has 0 saturated heterocycles. The summed E-state index contributed by atoms with van der Waals surface area (Å²) in [6, 6.07) is 0. The number of hydrogen-bond acceptors (Lipinski definition) is 3. The molecule has 11 heavy (non-hydrogen) atoms. The SMILES string of the molecule is CC(=O)C1=CN(C)C(N)C=C1. The van der Waals surface area contributed by atoms with Crippen LogP contribution in [0.25, 0.3) is 0 Å². The minimum Gasteiger partial charge on any atom is -0.361 e. The average molecular weight is 152 g/mol. The standard InChI is InChI=1S/C8H12N2O/c1-6(11)7-3-4-8(9)10(2)5-7/h3-5,8H,9H2,1-2H3. The molecule has 0 aliphatic carbocycles. The summed E-state index contributed by atoms with van der Waals surface area (Å²) in [6.45, 7) is 1.54. The lowest BCUT2D eigenvalue weighted by Gasteiger charge is -2.23. The van der Waals surface area contributed by atoms with E-state index >= 15 is 0 Å². The number of rotatable bonds is 1. The van der Waals surface area contributed by atoms with Gasteiger partial charge in [0, 0.05) is 18.8 Å². The maximum absolute atomic E-state index is 10.9. The Bertz CT molecular complexity index is 230. The van der Waals surface area contributed by atoms with E-state index in [9.17, 15) is 4.79 Å². The first-order chi connectivity index (χ1) is 5.11. The van der Waals surface area contributed by atoms with Crippen molar-refractivity contribution in [1.29, 1.82) is 0 Å². The van der Waals surface area contributed by atoms with Crippen LogP contribution >= 0.6 is 0 Å². The highest BCUT2D eigenvalue weighted by atomic mass is 16.1. The Balaban J connectivity index is 2.80. The van der Waals surface area contributed by atoms with Crippen molar-refractivity contribution >= 4 is 5.78 Å². The zero-order valence-corrected chi connectivity index (χ0v) is 6.74. The quantitative estimate of drug-likeness (QED) is 0.585. The lowest BCUT2D eigenvalue weighted by molar-refractivity contribution is -0.113. The number of hydrogen-bond donors (Lipinski definition) is 1. The zero-order valence-electron chi connectivity index (χ0n) is 6.74.